The lowest BCUT2D eigenvalue weighted by atomic mass is 9.77. The lowest BCUT2D eigenvalue weighted by Crippen LogP contribution is -2.44. The van der Waals surface area contributed by atoms with Gasteiger partial charge in [-0.05, 0) is 108 Å². The summed E-state index contributed by atoms with van der Waals surface area (Å²) < 4.78 is 54.6. The zero-order valence-corrected chi connectivity index (χ0v) is 42.8. The van der Waals surface area contributed by atoms with E-state index in [-0.39, 0.29) is 36.3 Å². The Bertz CT molecular complexity index is 1570. The molecule has 380 valence electrons. The fourth-order valence-corrected chi connectivity index (χ4v) is 12.0. The molecule has 6 atom stereocenters. The van der Waals surface area contributed by atoms with E-state index in [1.165, 1.54) is 180 Å². The normalized spacial score (nSPS) is 29.3. The van der Waals surface area contributed by atoms with Crippen molar-refractivity contribution in [3.8, 4) is 23.0 Å². The van der Waals surface area contributed by atoms with Gasteiger partial charge in [0.1, 0.15) is 23.0 Å². The summed E-state index contributed by atoms with van der Waals surface area (Å²) in [6.45, 7) is 2.69. The summed E-state index contributed by atoms with van der Waals surface area (Å²) in [5.74, 6) is 3.61. The van der Waals surface area contributed by atoms with Crippen molar-refractivity contribution in [1.29, 1.82) is 0 Å². The molecule has 0 N–H and O–H groups in total. The standard InChI is InChI=1S/C59H90B2O8/c1-2-6-10-14-18-22-26-30-34-44-63-51-40-38-42-53-55(51)61-68-58-48-47-49(59(58)69-61)57-56(48)66-60(67-57)54-50(62-43-33-29-25-21-17-13-9-5-1)39-37-41-52(54)64-45-35-31-27-23-19-15-11-7-3-4-8-12-16-20-24-28-32-36-46-65-53/h1-4,37-42,48-49,56-59H,5-36,43-47H2/b2-1-,4-3?/t48?,49?,56-,57+,58+,59-. The lowest BCUT2D eigenvalue weighted by Gasteiger charge is -2.31. The van der Waals surface area contributed by atoms with Gasteiger partial charge in [0.25, 0.3) is 0 Å². The van der Waals surface area contributed by atoms with Crippen LogP contribution in [0, 0.1) is 11.8 Å². The smallest absolute Gasteiger partial charge is 0.494 e. The average Bonchev–Trinajstić information content (AvgIpc) is 4.15. The van der Waals surface area contributed by atoms with Crippen LogP contribution in [0.5, 0.6) is 23.0 Å². The van der Waals surface area contributed by atoms with Crippen LogP contribution < -0.4 is 29.9 Å². The summed E-state index contributed by atoms with van der Waals surface area (Å²) in [4.78, 5) is 0. The number of hydrogen-bond acceptors (Lipinski definition) is 8. The maximum absolute atomic E-state index is 7.03. The van der Waals surface area contributed by atoms with E-state index in [1.807, 2.05) is 0 Å². The van der Waals surface area contributed by atoms with Gasteiger partial charge < -0.3 is 37.6 Å². The van der Waals surface area contributed by atoms with Crippen LogP contribution in [-0.2, 0) is 18.6 Å². The van der Waals surface area contributed by atoms with Crippen LogP contribution in [0.1, 0.15) is 212 Å². The molecule has 0 amide bonds. The van der Waals surface area contributed by atoms with E-state index in [0.29, 0.717) is 26.4 Å². The van der Waals surface area contributed by atoms with Crippen LogP contribution in [0.15, 0.2) is 60.7 Å². The van der Waals surface area contributed by atoms with Crippen molar-refractivity contribution in [3.05, 3.63) is 60.7 Å². The molecule has 69 heavy (non-hydrogen) atoms. The van der Waals surface area contributed by atoms with Crippen LogP contribution in [0.25, 0.3) is 0 Å². The molecular formula is C59H90B2O8. The Hall–Kier alpha value is -2.91. The minimum Gasteiger partial charge on any atom is -0.494 e. The van der Waals surface area contributed by atoms with E-state index < -0.39 is 14.2 Å². The molecular weight excluding hydrogens is 858 g/mol. The van der Waals surface area contributed by atoms with Gasteiger partial charge in [0.05, 0.1) is 61.8 Å². The summed E-state index contributed by atoms with van der Waals surface area (Å²) in [7, 11) is -1.14. The predicted octanol–water partition coefficient (Wildman–Crippen LogP) is 14.1. The topological polar surface area (TPSA) is 73.8 Å². The first kappa shape index (κ1) is 52.4. The summed E-state index contributed by atoms with van der Waals surface area (Å²) in [6.07, 6.45) is 50.1. The first-order valence-electron chi connectivity index (χ1n) is 29.0. The number of allylic oxidation sites excluding steroid dienone is 4. The Kier molecular flexibility index (Phi) is 22.9. The Balaban J connectivity index is 0.970. The first-order valence-corrected chi connectivity index (χ1v) is 29.0. The van der Waals surface area contributed by atoms with Crippen molar-refractivity contribution in [1.82, 2.24) is 0 Å². The molecule has 2 aromatic rings. The van der Waals surface area contributed by atoms with Gasteiger partial charge in [-0.2, -0.15) is 0 Å². The van der Waals surface area contributed by atoms with Gasteiger partial charge in [-0.15, -0.1) is 0 Å². The van der Waals surface area contributed by atoms with E-state index in [4.69, 9.17) is 37.6 Å². The second kappa shape index (κ2) is 30.2. The molecule has 8 aliphatic rings. The minimum atomic E-state index is -0.568. The van der Waals surface area contributed by atoms with Gasteiger partial charge in [-0.1, -0.05) is 165 Å². The molecule has 6 heterocycles. The summed E-state index contributed by atoms with van der Waals surface area (Å²) in [5, 5.41) is 0. The third-order valence-electron chi connectivity index (χ3n) is 16.0. The number of benzene rings is 2. The SMILES string of the molecule is C1=CCCCCCCCCCOc2cccc3c2B2O[C@@H]4C5CC([C@H]6OB(O[C@@H]56)c5c(cccc5OCCCCCCCCC/C=C\CCCCCCCCCO3)OCCCCCCCCC1)[C@@H]4O2. The Morgan fingerprint density at radius 2 is 0.522 bits per heavy atom. The molecule has 2 unspecified atom stereocenters. The predicted molar refractivity (Wildman–Crippen MR) is 283 cm³/mol. The highest BCUT2D eigenvalue weighted by Gasteiger charge is 2.68. The van der Waals surface area contributed by atoms with Crippen LogP contribution in [-0.4, -0.2) is 65.1 Å². The van der Waals surface area contributed by atoms with Crippen molar-refractivity contribution in [2.75, 3.05) is 26.4 Å². The molecule has 0 spiro atoms. The van der Waals surface area contributed by atoms with Crippen molar-refractivity contribution >= 4 is 25.2 Å². The molecule has 8 nitrogen and oxygen atoms in total. The first-order chi connectivity index (χ1) is 34.3. The molecule has 0 radical (unpaired) electrons. The van der Waals surface area contributed by atoms with Crippen molar-refractivity contribution < 1.29 is 37.6 Å². The van der Waals surface area contributed by atoms with Gasteiger partial charge in [0.15, 0.2) is 0 Å². The summed E-state index contributed by atoms with van der Waals surface area (Å²) in [6, 6.07) is 12.5. The van der Waals surface area contributed by atoms with E-state index in [1.54, 1.807) is 0 Å². The Morgan fingerprint density at radius 1 is 0.290 bits per heavy atom. The van der Waals surface area contributed by atoms with Crippen molar-refractivity contribution in [2.45, 2.75) is 236 Å². The zero-order chi connectivity index (χ0) is 47.0. The Morgan fingerprint density at radius 3 is 0.783 bits per heavy atom. The van der Waals surface area contributed by atoms with E-state index in [9.17, 15) is 0 Å². The van der Waals surface area contributed by atoms with Crippen LogP contribution in [0.3, 0.4) is 0 Å². The number of hydrogen-bond donors (Lipinski definition) is 0. The molecule has 2 aliphatic carbocycles. The number of fused-ring (bicyclic) bond motifs is 40. The second-order valence-electron chi connectivity index (χ2n) is 21.4. The highest BCUT2D eigenvalue weighted by molar-refractivity contribution is 6.64. The average molecular weight is 949 g/mol. The third kappa shape index (κ3) is 16.0. The van der Waals surface area contributed by atoms with Crippen molar-refractivity contribution in [2.24, 2.45) is 11.8 Å². The van der Waals surface area contributed by atoms with E-state index in [2.05, 4.69) is 60.7 Å². The quantitative estimate of drug-likeness (QED) is 0.191. The molecule has 2 aromatic carbocycles. The number of rotatable bonds is 0. The van der Waals surface area contributed by atoms with Gasteiger partial charge >= 0.3 is 14.2 Å². The van der Waals surface area contributed by atoms with Crippen LogP contribution in [0.2, 0.25) is 0 Å². The molecule has 4 fully saturated rings. The molecule has 10 heteroatoms. The largest absolute Gasteiger partial charge is 0.502 e. The van der Waals surface area contributed by atoms with Gasteiger partial charge in [0.2, 0.25) is 0 Å². The van der Waals surface area contributed by atoms with Gasteiger partial charge in [-0.25, -0.2) is 0 Å². The third-order valence-corrected chi connectivity index (χ3v) is 16.0. The molecule has 2 saturated heterocycles. The molecule has 2 saturated carbocycles. The molecule has 6 aliphatic heterocycles. The second-order valence-corrected chi connectivity index (χ2v) is 21.4. The van der Waals surface area contributed by atoms with Gasteiger partial charge in [0, 0.05) is 11.8 Å². The minimum absolute atomic E-state index is 0.0875. The monoisotopic (exact) mass is 949 g/mol. The molecule has 10 rings (SSSR count). The van der Waals surface area contributed by atoms with E-state index in [0.717, 1.165) is 66.0 Å². The summed E-state index contributed by atoms with van der Waals surface area (Å²) in [5.41, 5.74) is 1.80. The number of ether oxygens (including phenoxy) is 4. The van der Waals surface area contributed by atoms with Crippen molar-refractivity contribution in [3.63, 3.8) is 0 Å². The molecule has 10 bridgehead atoms. The fraction of sp³-hybridized carbons (Fsp3) is 0.729. The van der Waals surface area contributed by atoms with Crippen LogP contribution >= 0.6 is 0 Å². The van der Waals surface area contributed by atoms with Crippen LogP contribution in [0.4, 0.5) is 0 Å². The van der Waals surface area contributed by atoms with Gasteiger partial charge in [-0.3, -0.25) is 0 Å². The fourth-order valence-electron chi connectivity index (χ4n) is 12.0. The molecule has 0 aromatic heterocycles. The maximum atomic E-state index is 7.03. The Labute approximate surface area is 419 Å². The van der Waals surface area contributed by atoms with E-state index >= 15 is 0 Å². The summed E-state index contributed by atoms with van der Waals surface area (Å²) >= 11 is 0. The highest BCUT2D eigenvalue weighted by atomic mass is 16.7. The highest BCUT2D eigenvalue weighted by Crippen LogP contribution is 2.55. The maximum Gasteiger partial charge on any atom is 0.502 e. The zero-order valence-electron chi connectivity index (χ0n) is 42.8. The lowest BCUT2D eigenvalue weighted by molar-refractivity contribution is -0.00476.